The highest BCUT2D eigenvalue weighted by atomic mass is 32.2. The Hall–Kier alpha value is -0.520. The van der Waals surface area contributed by atoms with Crippen molar-refractivity contribution in [1.29, 1.82) is 0 Å². The minimum atomic E-state index is 0.327. The lowest BCUT2D eigenvalue weighted by Crippen LogP contribution is -2.42. The smallest absolute Gasteiger partial charge is 0.0641 e. The van der Waals surface area contributed by atoms with Crippen LogP contribution in [-0.2, 0) is 7.05 Å². The van der Waals surface area contributed by atoms with E-state index >= 15 is 0 Å². The molecule has 0 aliphatic carbocycles. The number of aromatic nitrogens is 2. The van der Waals surface area contributed by atoms with Gasteiger partial charge in [-0.2, -0.15) is 16.9 Å². The zero-order valence-corrected chi connectivity index (χ0v) is 12.4. The van der Waals surface area contributed by atoms with Gasteiger partial charge >= 0.3 is 0 Å². The highest BCUT2D eigenvalue weighted by Crippen LogP contribution is 2.29. The van der Waals surface area contributed by atoms with Gasteiger partial charge in [-0.1, -0.05) is 6.92 Å². The number of nitrogens with zero attached hydrogens (tertiary/aromatic N) is 3. The molecule has 1 fully saturated rings. The van der Waals surface area contributed by atoms with Crippen LogP contribution in [0.2, 0.25) is 0 Å². The third-order valence-electron chi connectivity index (χ3n) is 3.70. The van der Waals surface area contributed by atoms with E-state index in [0.29, 0.717) is 12.6 Å². The Bertz CT molecular complexity index is 390. The zero-order chi connectivity index (χ0) is 13.1. The van der Waals surface area contributed by atoms with Crippen molar-refractivity contribution in [2.45, 2.75) is 31.6 Å². The van der Waals surface area contributed by atoms with Gasteiger partial charge in [-0.15, -0.1) is 0 Å². The predicted octanol–water partition coefficient (Wildman–Crippen LogP) is 1.56. The predicted molar refractivity (Wildman–Crippen MR) is 77.9 cm³/mol. The Morgan fingerprint density at radius 3 is 2.94 bits per heavy atom. The Morgan fingerprint density at radius 1 is 1.61 bits per heavy atom. The van der Waals surface area contributed by atoms with E-state index in [9.17, 15) is 0 Å². The Balaban J connectivity index is 2.15. The summed E-state index contributed by atoms with van der Waals surface area (Å²) < 4.78 is 1.89. The summed E-state index contributed by atoms with van der Waals surface area (Å²) >= 11 is 2.10. The molecule has 0 amide bonds. The Labute approximate surface area is 114 Å². The van der Waals surface area contributed by atoms with Crippen molar-refractivity contribution < 1.29 is 0 Å². The van der Waals surface area contributed by atoms with Crippen molar-refractivity contribution in [3.05, 3.63) is 17.5 Å². The summed E-state index contributed by atoms with van der Waals surface area (Å²) in [4.78, 5) is 2.54. The molecule has 0 radical (unpaired) electrons. The monoisotopic (exact) mass is 268 g/mol. The van der Waals surface area contributed by atoms with Crippen LogP contribution in [0, 0.1) is 6.92 Å². The van der Waals surface area contributed by atoms with Gasteiger partial charge < -0.3 is 5.73 Å². The number of thioether (sulfide) groups is 1. The largest absolute Gasteiger partial charge is 0.329 e. The summed E-state index contributed by atoms with van der Waals surface area (Å²) in [6.07, 6.45) is 3.36. The maximum absolute atomic E-state index is 6.02. The molecular formula is C13H24N4S. The number of rotatable bonds is 4. The van der Waals surface area contributed by atoms with Crippen LogP contribution in [0.3, 0.4) is 0 Å². The minimum absolute atomic E-state index is 0.327. The molecule has 1 aliphatic rings. The summed E-state index contributed by atoms with van der Waals surface area (Å²) in [5.74, 6) is 1.22. The summed E-state index contributed by atoms with van der Waals surface area (Å²) in [6.45, 7) is 7.31. The van der Waals surface area contributed by atoms with Gasteiger partial charge in [-0.25, -0.2) is 0 Å². The van der Waals surface area contributed by atoms with Crippen molar-refractivity contribution in [3.8, 4) is 0 Å². The lowest BCUT2D eigenvalue weighted by atomic mass is 10.1. The first-order valence-electron chi connectivity index (χ1n) is 6.71. The summed E-state index contributed by atoms with van der Waals surface area (Å²) in [5.41, 5.74) is 8.42. The van der Waals surface area contributed by atoms with Crippen LogP contribution < -0.4 is 5.73 Å². The fraction of sp³-hybridized carbons (Fsp3) is 0.769. The second-order valence-corrected chi connectivity index (χ2v) is 6.40. The maximum atomic E-state index is 6.02. The summed E-state index contributed by atoms with van der Waals surface area (Å²) in [5, 5.41) is 5.20. The van der Waals surface area contributed by atoms with E-state index in [1.54, 1.807) is 0 Å². The van der Waals surface area contributed by atoms with Crippen molar-refractivity contribution in [1.82, 2.24) is 14.7 Å². The maximum Gasteiger partial charge on any atom is 0.0641 e. The van der Waals surface area contributed by atoms with Crippen molar-refractivity contribution in [3.63, 3.8) is 0 Å². The normalized spacial score (nSPS) is 23.2. The van der Waals surface area contributed by atoms with E-state index in [1.807, 2.05) is 11.7 Å². The van der Waals surface area contributed by atoms with Crippen LogP contribution >= 0.6 is 11.8 Å². The third kappa shape index (κ3) is 2.90. The molecule has 1 saturated heterocycles. The topological polar surface area (TPSA) is 47.1 Å². The van der Waals surface area contributed by atoms with E-state index in [1.165, 1.54) is 17.7 Å². The zero-order valence-electron chi connectivity index (χ0n) is 11.6. The molecule has 102 valence electrons. The van der Waals surface area contributed by atoms with E-state index in [-0.39, 0.29) is 0 Å². The Kier molecular flexibility index (Phi) is 4.70. The van der Waals surface area contributed by atoms with Crippen LogP contribution in [0.25, 0.3) is 0 Å². The molecule has 2 N–H and O–H groups in total. The molecule has 2 rings (SSSR count). The molecule has 1 aromatic rings. The second kappa shape index (κ2) is 6.08. The fourth-order valence-electron chi connectivity index (χ4n) is 2.69. The van der Waals surface area contributed by atoms with Crippen LogP contribution in [0.4, 0.5) is 0 Å². The van der Waals surface area contributed by atoms with Gasteiger partial charge in [0.15, 0.2) is 0 Å². The SMILES string of the molecule is CCC1CN(C(CN)c2cn(C)nc2C)CCS1. The van der Waals surface area contributed by atoms with E-state index in [0.717, 1.165) is 24.0 Å². The molecule has 2 atom stereocenters. The number of nitrogens with two attached hydrogens (primary N) is 1. The molecular weight excluding hydrogens is 244 g/mol. The van der Waals surface area contributed by atoms with E-state index in [2.05, 4.69) is 41.8 Å². The van der Waals surface area contributed by atoms with Crippen LogP contribution in [-0.4, -0.2) is 45.3 Å². The first-order chi connectivity index (χ1) is 8.65. The highest BCUT2D eigenvalue weighted by Gasteiger charge is 2.27. The standard InChI is InChI=1S/C13H24N4S/c1-4-11-8-17(5-6-18-11)13(7-14)12-9-16(3)15-10(12)2/h9,11,13H,4-8,14H2,1-3H3. The summed E-state index contributed by atoms with van der Waals surface area (Å²) in [6, 6.07) is 0.327. The molecule has 1 aliphatic heterocycles. The van der Waals surface area contributed by atoms with Gasteiger partial charge in [-0.05, 0) is 13.3 Å². The first kappa shape index (κ1) is 13.9. The summed E-state index contributed by atoms with van der Waals surface area (Å²) in [7, 11) is 1.98. The van der Waals surface area contributed by atoms with Crippen molar-refractivity contribution in [2.75, 3.05) is 25.4 Å². The van der Waals surface area contributed by atoms with Crippen molar-refractivity contribution in [2.24, 2.45) is 12.8 Å². The van der Waals surface area contributed by atoms with Crippen LogP contribution in [0.5, 0.6) is 0 Å². The quantitative estimate of drug-likeness (QED) is 0.900. The van der Waals surface area contributed by atoms with Crippen molar-refractivity contribution >= 4 is 11.8 Å². The molecule has 0 spiro atoms. The fourth-order valence-corrected chi connectivity index (χ4v) is 3.90. The lowest BCUT2D eigenvalue weighted by molar-refractivity contribution is 0.207. The van der Waals surface area contributed by atoms with Gasteiger partial charge in [0.2, 0.25) is 0 Å². The molecule has 1 aromatic heterocycles. The van der Waals surface area contributed by atoms with Gasteiger partial charge in [0.05, 0.1) is 11.7 Å². The minimum Gasteiger partial charge on any atom is -0.329 e. The van der Waals surface area contributed by atoms with Gasteiger partial charge in [0, 0.05) is 49.4 Å². The first-order valence-corrected chi connectivity index (χ1v) is 7.76. The lowest BCUT2D eigenvalue weighted by Gasteiger charge is -2.37. The average molecular weight is 268 g/mol. The number of hydrogen-bond acceptors (Lipinski definition) is 4. The molecule has 18 heavy (non-hydrogen) atoms. The molecule has 5 heteroatoms. The third-order valence-corrected chi connectivity index (χ3v) is 5.07. The molecule has 4 nitrogen and oxygen atoms in total. The molecule has 0 saturated carbocycles. The van der Waals surface area contributed by atoms with Crippen LogP contribution in [0.1, 0.15) is 30.6 Å². The van der Waals surface area contributed by atoms with E-state index in [4.69, 9.17) is 5.73 Å². The average Bonchev–Trinajstić information content (AvgIpc) is 2.70. The van der Waals surface area contributed by atoms with Gasteiger partial charge in [0.25, 0.3) is 0 Å². The van der Waals surface area contributed by atoms with Gasteiger partial charge in [-0.3, -0.25) is 9.58 Å². The highest BCUT2D eigenvalue weighted by molar-refractivity contribution is 8.00. The van der Waals surface area contributed by atoms with Crippen LogP contribution in [0.15, 0.2) is 6.20 Å². The number of hydrogen-bond donors (Lipinski definition) is 1. The molecule has 2 unspecified atom stereocenters. The van der Waals surface area contributed by atoms with Gasteiger partial charge in [0.1, 0.15) is 0 Å². The molecule has 0 bridgehead atoms. The van der Waals surface area contributed by atoms with E-state index < -0.39 is 0 Å². The second-order valence-electron chi connectivity index (χ2n) is 4.99. The molecule has 0 aromatic carbocycles. The Morgan fingerprint density at radius 2 is 2.39 bits per heavy atom. The number of aryl methyl sites for hydroxylation is 2. The molecule has 2 heterocycles.